The molecule has 11 heteroatoms. The third kappa shape index (κ3) is 9.35. The Morgan fingerprint density at radius 3 is 2.16 bits per heavy atom. The van der Waals surface area contributed by atoms with Crippen molar-refractivity contribution in [2.75, 3.05) is 18.0 Å². The zero-order valence-electron chi connectivity index (χ0n) is 27.6. The predicted molar refractivity (Wildman–Crippen MR) is 195 cm³/mol. The molecule has 2 amide bonds. The molecule has 258 valence electrons. The molecule has 1 saturated carbocycles. The van der Waals surface area contributed by atoms with E-state index in [0.717, 1.165) is 47.5 Å². The maximum Gasteiger partial charge on any atom is 0.264 e. The highest BCUT2D eigenvalue weighted by Crippen LogP contribution is 2.28. The van der Waals surface area contributed by atoms with Crippen molar-refractivity contribution in [1.29, 1.82) is 0 Å². The van der Waals surface area contributed by atoms with Gasteiger partial charge in [0.1, 0.15) is 18.3 Å². The Morgan fingerprint density at radius 1 is 0.857 bits per heavy atom. The molecule has 5 rings (SSSR count). The lowest BCUT2D eigenvalue weighted by Gasteiger charge is -2.35. The summed E-state index contributed by atoms with van der Waals surface area (Å²) in [6.45, 7) is 1.34. The normalized spacial score (nSPS) is 14.1. The summed E-state index contributed by atoms with van der Waals surface area (Å²) < 4.78 is 34.9. The maximum absolute atomic E-state index is 14.7. The van der Waals surface area contributed by atoms with Gasteiger partial charge in [0.25, 0.3) is 10.0 Å². The first-order valence-electron chi connectivity index (χ1n) is 16.4. The number of hydrogen-bond donors (Lipinski definition) is 1. The number of hydrogen-bond acceptors (Lipinski definition) is 5. The number of halogens is 2. The first kappa shape index (κ1) is 36.2. The summed E-state index contributed by atoms with van der Waals surface area (Å²) in [4.78, 5) is 30.4. The number of ether oxygens (including phenoxy) is 1. The van der Waals surface area contributed by atoms with Crippen molar-refractivity contribution >= 4 is 50.7 Å². The number of amides is 2. The number of benzene rings is 4. The first-order valence-corrected chi connectivity index (χ1v) is 18.6. The van der Waals surface area contributed by atoms with Crippen LogP contribution in [0.5, 0.6) is 5.75 Å². The van der Waals surface area contributed by atoms with Crippen molar-refractivity contribution in [2.24, 2.45) is 0 Å². The quantitative estimate of drug-likeness (QED) is 0.154. The molecule has 1 unspecified atom stereocenters. The summed E-state index contributed by atoms with van der Waals surface area (Å²) in [6.07, 6.45) is 5.13. The van der Waals surface area contributed by atoms with Gasteiger partial charge in [0.2, 0.25) is 11.8 Å². The van der Waals surface area contributed by atoms with Crippen LogP contribution in [0.25, 0.3) is 0 Å². The average Bonchev–Trinajstić information content (AvgIpc) is 3.11. The SMILES string of the molecule is COc1ccc(S(=O)(=O)N(CC(=O)N(Cc2ccc(Cl)c(Cl)c2)C(Cc2ccccc2)C(=O)NC2CCCCC2)c2ccc(C)cc2)cc1. The molecule has 4 aromatic carbocycles. The predicted octanol–water partition coefficient (Wildman–Crippen LogP) is 7.59. The molecule has 0 saturated heterocycles. The van der Waals surface area contributed by atoms with Gasteiger partial charge in [-0.15, -0.1) is 0 Å². The molecule has 4 aromatic rings. The fourth-order valence-electron chi connectivity index (χ4n) is 6.05. The Kier molecular flexibility index (Phi) is 12.3. The molecule has 0 heterocycles. The van der Waals surface area contributed by atoms with Gasteiger partial charge >= 0.3 is 0 Å². The highest BCUT2D eigenvalue weighted by atomic mass is 35.5. The zero-order valence-corrected chi connectivity index (χ0v) is 30.0. The number of methoxy groups -OCH3 is 1. The van der Waals surface area contributed by atoms with Gasteiger partial charge < -0.3 is 15.0 Å². The summed E-state index contributed by atoms with van der Waals surface area (Å²) in [5.74, 6) is -0.343. The molecule has 1 fully saturated rings. The Morgan fingerprint density at radius 2 is 1.53 bits per heavy atom. The van der Waals surface area contributed by atoms with Gasteiger partial charge in [0.05, 0.1) is 27.7 Å². The largest absolute Gasteiger partial charge is 0.497 e. The van der Waals surface area contributed by atoms with E-state index in [0.29, 0.717) is 27.0 Å². The number of nitrogens with one attached hydrogen (secondary N) is 1. The lowest BCUT2D eigenvalue weighted by Crippen LogP contribution is -2.55. The summed E-state index contributed by atoms with van der Waals surface area (Å²) in [5, 5.41) is 3.88. The molecule has 1 atom stereocenters. The molecule has 8 nitrogen and oxygen atoms in total. The van der Waals surface area contributed by atoms with E-state index in [4.69, 9.17) is 27.9 Å². The van der Waals surface area contributed by atoms with Crippen LogP contribution in [0.2, 0.25) is 10.0 Å². The second kappa shape index (κ2) is 16.6. The van der Waals surface area contributed by atoms with Crippen LogP contribution in [0.1, 0.15) is 48.8 Å². The summed E-state index contributed by atoms with van der Waals surface area (Å²) in [5.41, 5.74) is 2.75. The maximum atomic E-state index is 14.7. The molecule has 1 aliphatic carbocycles. The minimum atomic E-state index is -4.24. The van der Waals surface area contributed by atoms with E-state index >= 15 is 0 Å². The second-order valence-electron chi connectivity index (χ2n) is 12.3. The van der Waals surface area contributed by atoms with Crippen molar-refractivity contribution < 1.29 is 22.7 Å². The fourth-order valence-corrected chi connectivity index (χ4v) is 7.78. The number of sulfonamides is 1. The van der Waals surface area contributed by atoms with Crippen LogP contribution in [-0.4, -0.2) is 50.9 Å². The summed E-state index contributed by atoms with van der Waals surface area (Å²) in [7, 11) is -2.74. The van der Waals surface area contributed by atoms with Crippen molar-refractivity contribution in [1.82, 2.24) is 10.2 Å². The zero-order chi connectivity index (χ0) is 35.0. The van der Waals surface area contributed by atoms with Crippen LogP contribution < -0.4 is 14.4 Å². The molecule has 0 bridgehead atoms. The third-order valence-electron chi connectivity index (χ3n) is 8.81. The van der Waals surface area contributed by atoms with Crippen LogP contribution in [0.3, 0.4) is 0 Å². The average molecular weight is 723 g/mol. The molecule has 0 aliphatic heterocycles. The van der Waals surface area contributed by atoms with E-state index in [1.807, 2.05) is 37.3 Å². The van der Waals surface area contributed by atoms with Gasteiger partial charge in [0, 0.05) is 19.0 Å². The number of anilines is 1. The van der Waals surface area contributed by atoms with Crippen LogP contribution in [0, 0.1) is 6.92 Å². The number of nitrogens with zero attached hydrogens (tertiary/aromatic N) is 2. The first-order chi connectivity index (χ1) is 23.5. The second-order valence-corrected chi connectivity index (χ2v) is 15.0. The lowest BCUT2D eigenvalue weighted by molar-refractivity contribution is -0.140. The standard InChI is InChI=1S/C38H41Cl2N3O5S/c1-27-13-16-31(17-14-27)43(49(46,47)33-20-18-32(48-2)19-21-33)26-37(44)42(25-29-15-22-34(39)35(40)23-29)36(24-28-9-5-3-6-10-28)38(45)41-30-11-7-4-8-12-30/h3,5-6,9-10,13-23,30,36H,4,7-8,11-12,24-26H2,1-2H3,(H,41,45). The number of carbonyl (C=O) groups is 2. The Labute approximate surface area is 299 Å². The van der Waals surface area contributed by atoms with Gasteiger partial charge in [-0.05, 0) is 79.4 Å². The van der Waals surface area contributed by atoms with Gasteiger partial charge in [-0.25, -0.2) is 8.42 Å². The molecule has 0 spiro atoms. The van der Waals surface area contributed by atoms with E-state index in [-0.39, 0.29) is 29.8 Å². The van der Waals surface area contributed by atoms with Gasteiger partial charge in [0.15, 0.2) is 0 Å². The van der Waals surface area contributed by atoms with E-state index in [9.17, 15) is 18.0 Å². The molecule has 49 heavy (non-hydrogen) atoms. The fraction of sp³-hybridized carbons (Fsp3) is 0.316. The van der Waals surface area contributed by atoms with Crippen LogP contribution in [0.15, 0.2) is 102 Å². The summed E-state index contributed by atoms with van der Waals surface area (Å²) >= 11 is 12.6. The molecular formula is C38H41Cl2N3O5S. The van der Waals surface area contributed by atoms with E-state index in [1.54, 1.807) is 54.6 Å². The molecular weight excluding hydrogens is 681 g/mol. The van der Waals surface area contributed by atoms with E-state index in [2.05, 4.69) is 5.32 Å². The van der Waals surface area contributed by atoms with E-state index < -0.39 is 28.5 Å². The molecule has 0 radical (unpaired) electrons. The molecule has 1 aliphatic rings. The number of carbonyl (C=O) groups excluding carboxylic acids is 2. The Hall–Kier alpha value is -4.05. The van der Waals surface area contributed by atoms with Crippen molar-refractivity contribution in [3.63, 3.8) is 0 Å². The molecule has 0 aromatic heterocycles. The summed E-state index contributed by atoms with van der Waals surface area (Å²) in [6, 6.07) is 26.5. The van der Waals surface area contributed by atoms with Crippen molar-refractivity contribution in [3.8, 4) is 5.75 Å². The van der Waals surface area contributed by atoms with Crippen molar-refractivity contribution in [2.45, 2.75) is 69.0 Å². The lowest BCUT2D eigenvalue weighted by atomic mass is 9.94. The van der Waals surface area contributed by atoms with Crippen molar-refractivity contribution in [3.05, 3.63) is 124 Å². The molecule has 1 N–H and O–H groups in total. The van der Waals surface area contributed by atoms with Gasteiger partial charge in [-0.3, -0.25) is 13.9 Å². The highest BCUT2D eigenvalue weighted by molar-refractivity contribution is 7.92. The Balaban J connectivity index is 1.57. The topological polar surface area (TPSA) is 96.0 Å². The van der Waals surface area contributed by atoms with Gasteiger partial charge in [-0.2, -0.15) is 0 Å². The van der Waals surface area contributed by atoms with Crippen LogP contribution >= 0.6 is 23.2 Å². The smallest absolute Gasteiger partial charge is 0.264 e. The van der Waals surface area contributed by atoms with Crippen LogP contribution in [0.4, 0.5) is 5.69 Å². The van der Waals surface area contributed by atoms with Gasteiger partial charge in [-0.1, -0.05) is 96.6 Å². The minimum absolute atomic E-state index is 0.000887. The third-order valence-corrected chi connectivity index (χ3v) is 11.3. The minimum Gasteiger partial charge on any atom is -0.497 e. The number of aryl methyl sites for hydroxylation is 1. The van der Waals surface area contributed by atoms with Crippen LogP contribution in [-0.2, 0) is 32.6 Å². The number of rotatable bonds is 13. The highest BCUT2D eigenvalue weighted by Gasteiger charge is 2.35. The monoisotopic (exact) mass is 721 g/mol. The Bertz CT molecular complexity index is 1830. The van der Waals surface area contributed by atoms with E-state index in [1.165, 1.54) is 24.1 Å².